The van der Waals surface area contributed by atoms with Gasteiger partial charge in [-0.15, -0.1) is 0 Å². The number of anilines is 1. The van der Waals surface area contributed by atoms with Crippen LogP contribution in [0.3, 0.4) is 0 Å². The van der Waals surface area contributed by atoms with Gasteiger partial charge in [-0.1, -0.05) is 72.8 Å². The van der Waals surface area contributed by atoms with Crippen LogP contribution in [0.25, 0.3) is 0 Å². The molecule has 2 fully saturated rings. The van der Waals surface area contributed by atoms with Crippen LogP contribution in [0.4, 0.5) is 10.5 Å². The number of carbonyl (C=O) groups excluding carboxylic acids is 5. The Balaban J connectivity index is 1.23. The van der Waals surface area contributed by atoms with Gasteiger partial charge >= 0.3 is 12.1 Å². The van der Waals surface area contributed by atoms with Crippen LogP contribution in [-0.4, -0.2) is 87.9 Å². The summed E-state index contributed by atoms with van der Waals surface area (Å²) in [4.78, 5) is 77.0. The minimum Gasteiger partial charge on any atom is -0.467 e. The predicted molar refractivity (Wildman–Crippen MR) is 198 cm³/mol. The second-order valence-electron chi connectivity index (χ2n) is 15.5. The molecular formula is C42H48N4O7. The number of benzene rings is 3. The van der Waals surface area contributed by atoms with Gasteiger partial charge in [0.2, 0.25) is 17.7 Å². The first-order chi connectivity index (χ1) is 25.4. The van der Waals surface area contributed by atoms with Gasteiger partial charge in [-0.05, 0) is 81.2 Å². The average Bonchev–Trinajstić information content (AvgIpc) is 3.91. The van der Waals surface area contributed by atoms with E-state index in [1.54, 1.807) is 35.5 Å². The maximum atomic E-state index is 15.1. The molecule has 0 aromatic heterocycles. The molecule has 0 N–H and O–H groups in total. The monoisotopic (exact) mass is 720 g/mol. The van der Waals surface area contributed by atoms with Crippen molar-refractivity contribution < 1.29 is 33.4 Å². The molecular weight excluding hydrogens is 672 g/mol. The van der Waals surface area contributed by atoms with Crippen LogP contribution in [-0.2, 0) is 48.0 Å². The molecule has 11 nitrogen and oxygen atoms in total. The second kappa shape index (κ2) is 14.7. The van der Waals surface area contributed by atoms with Crippen molar-refractivity contribution in [3.8, 4) is 0 Å². The fourth-order valence-corrected chi connectivity index (χ4v) is 8.64. The molecule has 0 bridgehead atoms. The number of nitrogens with zero attached hydrogens (tertiary/aromatic N) is 4. The topological polar surface area (TPSA) is 117 Å². The molecule has 3 aromatic rings. The Morgan fingerprint density at radius 3 is 2.11 bits per heavy atom. The summed E-state index contributed by atoms with van der Waals surface area (Å²) in [5.74, 6) is -1.17. The highest BCUT2D eigenvalue weighted by molar-refractivity contribution is 6.02. The van der Waals surface area contributed by atoms with Crippen LogP contribution < -0.4 is 4.90 Å². The fraction of sp³-hybridized carbons (Fsp3) is 0.452. The van der Waals surface area contributed by atoms with Crippen molar-refractivity contribution in [2.45, 2.75) is 108 Å². The van der Waals surface area contributed by atoms with Crippen molar-refractivity contribution in [1.82, 2.24) is 14.7 Å². The van der Waals surface area contributed by atoms with E-state index >= 15 is 9.59 Å². The molecule has 7 rings (SSSR count). The van der Waals surface area contributed by atoms with E-state index in [1.807, 2.05) is 78.9 Å². The number of esters is 1. The van der Waals surface area contributed by atoms with E-state index in [0.717, 1.165) is 22.3 Å². The van der Waals surface area contributed by atoms with E-state index < -0.39 is 47.9 Å². The maximum absolute atomic E-state index is 15.1. The Bertz CT molecular complexity index is 1890. The van der Waals surface area contributed by atoms with Crippen molar-refractivity contribution >= 4 is 35.5 Å². The quantitative estimate of drug-likeness (QED) is 0.305. The van der Waals surface area contributed by atoms with E-state index in [4.69, 9.17) is 9.47 Å². The molecule has 11 heteroatoms. The molecule has 4 heterocycles. The normalized spacial score (nSPS) is 23.7. The van der Waals surface area contributed by atoms with Crippen LogP contribution >= 0.6 is 0 Å². The first kappa shape index (κ1) is 36.2. The SMILES string of the molecule is COC(=O)[C@H]1CCCN1C(=O)C[C@H]1Cc2ccccc2CN1C(=O)[C@H]1CC[C@H](c2ccccc2)N1C(=O)[C@H]1Cc2ccccc2N1C(=O)OC(C)(C)C. The van der Waals surface area contributed by atoms with Crippen molar-refractivity contribution in [2.75, 3.05) is 18.6 Å². The minimum atomic E-state index is -0.910. The largest absolute Gasteiger partial charge is 0.467 e. The van der Waals surface area contributed by atoms with Gasteiger partial charge < -0.3 is 24.2 Å². The Morgan fingerprint density at radius 1 is 0.717 bits per heavy atom. The van der Waals surface area contributed by atoms with E-state index in [0.29, 0.717) is 57.3 Å². The molecule has 0 radical (unpaired) electrons. The first-order valence-corrected chi connectivity index (χ1v) is 18.7. The Kier molecular flexibility index (Phi) is 10.0. The molecule has 0 aliphatic carbocycles. The highest BCUT2D eigenvalue weighted by Gasteiger charge is 2.50. The van der Waals surface area contributed by atoms with Gasteiger partial charge in [0.25, 0.3) is 0 Å². The zero-order chi connectivity index (χ0) is 37.4. The zero-order valence-electron chi connectivity index (χ0n) is 30.9. The third kappa shape index (κ3) is 7.13. The second-order valence-corrected chi connectivity index (χ2v) is 15.5. The smallest absolute Gasteiger partial charge is 0.415 e. The Labute approximate surface area is 310 Å². The van der Waals surface area contributed by atoms with Crippen molar-refractivity contribution in [2.24, 2.45) is 0 Å². The Hall–Kier alpha value is -5.19. The number of methoxy groups -OCH3 is 1. The van der Waals surface area contributed by atoms with Crippen molar-refractivity contribution in [1.29, 1.82) is 0 Å². The summed E-state index contributed by atoms with van der Waals surface area (Å²) in [5, 5.41) is 0. The summed E-state index contributed by atoms with van der Waals surface area (Å²) in [6.07, 6.45) is 2.41. The lowest BCUT2D eigenvalue weighted by atomic mass is 9.91. The molecule has 4 amide bonds. The number of fused-ring (bicyclic) bond motifs is 2. The molecule has 0 saturated carbocycles. The molecule has 4 aliphatic heterocycles. The number of carbonyl (C=O) groups is 5. The van der Waals surface area contributed by atoms with Crippen molar-refractivity contribution in [3.63, 3.8) is 0 Å². The molecule has 53 heavy (non-hydrogen) atoms. The summed E-state index contributed by atoms with van der Waals surface area (Å²) in [6.45, 7) is 6.13. The van der Waals surface area contributed by atoms with Gasteiger partial charge in [-0.25, -0.2) is 9.59 Å². The number of hydrogen-bond acceptors (Lipinski definition) is 7. The van der Waals surface area contributed by atoms with Gasteiger partial charge in [0.05, 0.1) is 18.8 Å². The number of likely N-dealkylation sites (tertiary alicyclic amines) is 2. The summed E-state index contributed by atoms with van der Waals surface area (Å²) < 4.78 is 10.8. The summed E-state index contributed by atoms with van der Waals surface area (Å²) in [5.41, 5.74) is 3.66. The Morgan fingerprint density at radius 2 is 1.40 bits per heavy atom. The highest BCUT2D eigenvalue weighted by atomic mass is 16.6. The van der Waals surface area contributed by atoms with Gasteiger partial charge in [0, 0.05) is 32.0 Å². The fourth-order valence-electron chi connectivity index (χ4n) is 8.64. The van der Waals surface area contributed by atoms with Gasteiger partial charge in [0.1, 0.15) is 23.7 Å². The molecule has 0 unspecified atom stereocenters. The van der Waals surface area contributed by atoms with Crippen LogP contribution in [0, 0.1) is 0 Å². The number of para-hydroxylation sites is 1. The molecule has 0 spiro atoms. The van der Waals surface area contributed by atoms with Crippen LogP contribution in [0.1, 0.15) is 81.2 Å². The van der Waals surface area contributed by atoms with Gasteiger partial charge in [-0.3, -0.25) is 19.3 Å². The third-order valence-electron chi connectivity index (χ3n) is 11.1. The van der Waals surface area contributed by atoms with E-state index in [1.165, 1.54) is 12.0 Å². The standard InChI is InChI=1S/C42H48N4O7/c1-42(2,3)53-41(51)46-32-18-11-10-16-29(32)24-36(46)39(49)45-33(27-13-6-5-7-14-27)20-21-34(45)38(48)44-26-30-17-9-8-15-28(30)23-31(44)25-37(47)43-22-12-19-35(43)40(50)52-4/h5-11,13-18,31,33-36H,12,19-26H2,1-4H3/t31-,33-,34-,35-,36-/m1/s1. The minimum absolute atomic E-state index is 0.0424. The van der Waals surface area contributed by atoms with Crippen LogP contribution in [0.15, 0.2) is 78.9 Å². The van der Waals surface area contributed by atoms with E-state index in [9.17, 15) is 14.4 Å². The lowest BCUT2D eigenvalue weighted by Crippen LogP contribution is -2.57. The zero-order valence-corrected chi connectivity index (χ0v) is 30.9. The van der Waals surface area contributed by atoms with Crippen LogP contribution in [0.5, 0.6) is 0 Å². The highest BCUT2D eigenvalue weighted by Crippen LogP contribution is 2.42. The van der Waals surface area contributed by atoms with E-state index in [2.05, 4.69) is 0 Å². The first-order valence-electron chi connectivity index (χ1n) is 18.7. The lowest BCUT2D eigenvalue weighted by Gasteiger charge is -2.41. The summed E-state index contributed by atoms with van der Waals surface area (Å²) in [7, 11) is 1.33. The number of hydrogen-bond donors (Lipinski definition) is 0. The number of rotatable bonds is 6. The molecule has 278 valence electrons. The molecule has 2 saturated heterocycles. The summed E-state index contributed by atoms with van der Waals surface area (Å²) >= 11 is 0. The maximum Gasteiger partial charge on any atom is 0.415 e. The lowest BCUT2D eigenvalue weighted by molar-refractivity contribution is -0.153. The van der Waals surface area contributed by atoms with Gasteiger partial charge in [0.15, 0.2) is 0 Å². The average molecular weight is 721 g/mol. The van der Waals surface area contributed by atoms with E-state index in [-0.39, 0.29) is 24.1 Å². The van der Waals surface area contributed by atoms with Crippen LogP contribution in [0.2, 0.25) is 0 Å². The predicted octanol–water partition coefficient (Wildman–Crippen LogP) is 5.59. The number of ether oxygens (including phenoxy) is 2. The van der Waals surface area contributed by atoms with Crippen molar-refractivity contribution in [3.05, 3.63) is 101 Å². The number of amides is 4. The molecule has 3 aromatic carbocycles. The molecule has 5 atom stereocenters. The molecule has 4 aliphatic rings. The van der Waals surface area contributed by atoms with Gasteiger partial charge in [-0.2, -0.15) is 0 Å². The summed E-state index contributed by atoms with van der Waals surface area (Å²) in [6, 6.07) is 21.9. The third-order valence-corrected chi connectivity index (χ3v) is 11.1.